The predicted molar refractivity (Wildman–Crippen MR) is 82.5 cm³/mol. The van der Waals surface area contributed by atoms with Crippen LogP contribution in [-0.2, 0) is 9.53 Å². The number of carbonyl (C=O) groups is 1. The second kappa shape index (κ2) is 6.73. The van der Waals surface area contributed by atoms with E-state index in [1.165, 1.54) is 10.0 Å². The molecule has 0 spiro atoms. The van der Waals surface area contributed by atoms with Crippen molar-refractivity contribution in [2.24, 2.45) is 0 Å². The number of rotatable bonds is 4. The maximum atomic E-state index is 11.8. The van der Waals surface area contributed by atoms with E-state index in [0.29, 0.717) is 0 Å². The van der Waals surface area contributed by atoms with Gasteiger partial charge in [-0.15, -0.1) is 0 Å². The van der Waals surface area contributed by atoms with Crippen molar-refractivity contribution in [3.63, 3.8) is 0 Å². The van der Waals surface area contributed by atoms with Gasteiger partial charge in [0.25, 0.3) is 0 Å². The quantitative estimate of drug-likeness (QED) is 0.425. The molecule has 0 aromatic heterocycles. The van der Waals surface area contributed by atoms with Gasteiger partial charge in [-0.2, -0.15) is 0 Å². The van der Waals surface area contributed by atoms with Crippen LogP contribution < -0.4 is 4.46 Å². The SMILES string of the molecule is C/C(=C\I)CC1CC([Se]c2ccccc2)C(=O)O1. The first-order valence-corrected chi connectivity index (χ1v) is 8.96. The van der Waals surface area contributed by atoms with Gasteiger partial charge in [-0.05, 0) is 0 Å². The summed E-state index contributed by atoms with van der Waals surface area (Å²) in [7, 11) is 0. The van der Waals surface area contributed by atoms with E-state index in [4.69, 9.17) is 4.74 Å². The summed E-state index contributed by atoms with van der Waals surface area (Å²) in [6.07, 6.45) is 1.82. The summed E-state index contributed by atoms with van der Waals surface area (Å²) in [4.78, 5) is 11.9. The third-order valence-electron chi connectivity index (χ3n) is 2.78. The van der Waals surface area contributed by atoms with E-state index < -0.39 is 0 Å². The van der Waals surface area contributed by atoms with Crippen LogP contribution in [0.4, 0.5) is 0 Å². The Bertz CT molecular complexity index is 444. The van der Waals surface area contributed by atoms with Gasteiger partial charge < -0.3 is 0 Å². The van der Waals surface area contributed by atoms with Crippen molar-refractivity contribution >= 4 is 48.0 Å². The van der Waals surface area contributed by atoms with Gasteiger partial charge in [0.05, 0.1) is 0 Å². The standard InChI is InChI=1S/C14H15IO2Se/c1-10(9-15)7-11-8-13(14(16)17-11)18-12-5-3-2-4-6-12/h2-6,9,11,13H,7-8H2,1H3/b10-9+. The fourth-order valence-electron chi connectivity index (χ4n) is 1.91. The van der Waals surface area contributed by atoms with Gasteiger partial charge in [0.2, 0.25) is 0 Å². The Kier molecular flexibility index (Phi) is 5.27. The van der Waals surface area contributed by atoms with Crippen LogP contribution in [0.15, 0.2) is 40.0 Å². The zero-order chi connectivity index (χ0) is 13.0. The Balaban J connectivity index is 1.93. The number of hydrogen-bond donors (Lipinski definition) is 0. The molecule has 1 saturated heterocycles. The molecule has 2 nitrogen and oxygen atoms in total. The Hall–Kier alpha value is -0.321. The summed E-state index contributed by atoms with van der Waals surface area (Å²) >= 11 is 2.42. The van der Waals surface area contributed by atoms with E-state index in [0.717, 1.165) is 12.8 Å². The number of carbonyl (C=O) groups excluding carboxylic acids is 1. The summed E-state index contributed by atoms with van der Waals surface area (Å²) in [5, 5.41) is 0. The molecule has 96 valence electrons. The number of hydrogen-bond acceptors (Lipinski definition) is 2. The maximum absolute atomic E-state index is 11.8. The van der Waals surface area contributed by atoms with Gasteiger partial charge in [-0.3, -0.25) is 0 Å². The molecule has 0 N–H and O–H groups in total. The van der Waals surface area contributed by atoms with Crippen LogP contribution >= 0.6 is 22.6 Å². The molecule has 1 heterocycles. The summed E-state index contributed by atoms with van der Waals surface area (Å²) < 4.78 is 8.78. The molecular weight excluding hydrogens is 406 g/mol. The van der Waals surface area contributed by atoms with Crippen LogP contribution in [-0.4, -0.2) is 27.0 Å². The fourth-order valence-corrected chi connectivity index (χ4v) is 4.49. The molecule has 1 aromatic carbocycles. The molecule has 1 aromatic rings. The van der Waals surface area contributed by atoms with Crippen molar-refractivity contribution < 1.29 is 9.53 Å². The van der Waals surface area contributed by atoms with Crippen molar-refractivity contribution in [1.29, 1.82) is 0 Å². The Morgan fingerprint density at radius 1 is 1.50 bits per heavy atom. The van der Waals surface area contributed by atoms with Crippen LogP contribution in [0, 0.1) is 0 Å². The zero-order valence-corrected chi connectivity index (χ0v) is 14.0. The third-order valence-corrected chi connectivity index (χ3v) is 6.39. The van der Waals surface area contributed by atoms with Gasteiger partial charge in [-0.25, -0.2) is 0 Å². The Morgan fingerprint density at radius 3 is 2.89 bits per heavy atom. The molecule has 2 atom stereocenters. The average molecular weight is 421 g/mol. The van der Waals surface area contributed by atoms with Crippen LogP contribution in [0.25, 0.3) is 0 Å². The van der Waals surface area contributed by atoms with Crippen LogP contribution in [0.2, 0.25) is 4.82 Å². The number of esters is 1. The number of ether oxygens (including phenoxy) is 1. The number of cyclic esters (lactones) is 1. The molecule has 18 heavy (non-hydrogen) atoms. The normalized spacial score (nSPS) is 24.1. The van der Waals surface area contributed by atoms with Crippen molar-refractivity contribution in [3.05, 3.63) is 40.0 Å². The zero-order valence-electron chi connectivity index (χ0n) is 10.1. The number of halogens is 1. The van der Waals surface area contributed by atoms with Crippen LogP contribution in [0.1, 0.15) is 19.8 Å². The molecule has 2 rings (SSSR count). The van der Waals surface area contributed by atoms with E-state index in [2.05, 4.69) is 45.7 Å². The molecule has 0 bridgehead atoms. The molecule has 0 amide bonds. The first kappa shape index (κ1) is 14.1. The molecular formula is C14H15IO2Se. The summed E-state index contributed by atoms with van der Waals surface area (Å²) in [6.45, 7) is 2.08. The van der Waals surface area contributed by atoms with Crippen molar-refractivity contribution in [2.75, 3.05) is 0 Å². The van der Waals surface area contributed by atoms with Crippen LogP contribution in [0.3, 0.4) is 0 Å². The monoisotopic (exact) mass is 422 g/mol. The van der Waals surface area contributed by atoms with E-state index in [1.807, 2.05) is 18.2 Å². The van der Waals surface area contributed by atoms with Gasteiger partial charge in [-0.1, -0.05) is 0 Å². The van der Waals surface area contributed by atoms with Gasteiger partial charge in [0.15, 0.2) is 0 Å². The molecule has 0 aliphatic carbocycles. The summed E-state index contributed by atoms with van der Waals surface area (Å²) in [6, 6.07) is 10.2. The van der Waals surface area contributed by atoms with Crippen LogP contribution in [0.5, 0.6) is 0 Å². The number of benzene rings is 1. The van der Waals surface area contributed by atoms with Gasteiger partial charge in [0.1, 0.15) is 0 Å². The average Bonchev–Trinajstić information content (AvgIpc) is 2.71. The van der Waals surface area contributed by atoms with E-state index in [1.54, 1.807) is 0 Å². The topological polar surface area (TPSA) is 26.3 Å². The van der Waals surface area contributed by atoms with Crippen molar-refractivity contribution in [1.82, 2.24) is 0 Å². The molecule has 0 radical (unpaired) electrons. The molecule has 2 unspecified atom stereocenters. The molecule has 4 heteroatoms. The summed E-state index contributed by atoms with van der Waals surface area (Å²) in [5.41, 5.74) is 1.28. The van der Waals surface area contributed by atoms with Gasteiger partial charge >= 0.3 is 128 Å². The third kappa shape index (κ3) is 3.84. The molecule has 1 aliphatic heterocycles. The predicted octanol–water partition coefficient (Wildman–Crippen LogP) is 2.85. The summed E-state index contributed by atoms with van der Waals surface area (Å²) in [5.74, 6) is -0.00916. The van der Waals surface area contributed by atoms with Crippen molar-refractivity contribution in [3.8, 4) is 0 Å². The second-order valence-corrected chi connectivity index (χ2v) is 7.67. The molecule has 1 fully saturated rings. The Morgan fingerprint density at radius 2 is 2.22 bits per heavy atom. The van der Waals surface area contributed by atoms with Crippen molar-refractivity contribution in [2.45, 2.75) is 30.7 Å². The van der Waals surface area contributed by atoms with E-state index in [-0.39, 0.29) is 31.8 Å². The minimum atomic E-state index is -0.00916. The minimum absolute atomic E-state index is 0.00916. The fraction of sp³-hybridized carbons (Fsp3) is 0.357. The first-order valence-electron chi connectivity index (χ1n) is 5.87. The first-order chi connectivity index (χ1) is 8.69. The van der Waals surface area contributed by atoms with E-state index >= 15 is 0 Å². The Labute approximate surface area is 127 Å². The second-order valence-electron chi connectivity index (χ2n) is 4.37. The molecule has 0 saturated carbocycles. The van der Waals surface area contributed by atoms with Gasteiger partial charge in [0, 0.05) is 0 Å². The molecule has 1 aliphatic rings. The van der Waals surface area contributed by atoms with E-state index in [9.17, 15) is 4.79 Å².